The molecule has 8 nitrogen and oxygen atoms in total. The second-order valence-corrected chi connectivity index (χ2v) is 6.69. The second-order valence-electron chi connectivity index (χ2n) is 6.69. The van der Waals surface area contributed by atoms with Crippen molar-refractivity contribution in [3.05, 3.63) is 29.3 Å². The molecule has 3 N–H and O–H groups in total. The Kier molecular flexibility index (Phi) is 4.78. The Bertz CT molecular complexity index is 789. The lowest BCUT2D eigenvalue weighted by molar-refractivity contribution is -0.136. The van der Waals surface area contributed by atoms with Crippen molar-refractivity contribution >= 4 is 29.3 Å². The number of imide groups is 2. The lowest BCUT2D eigenvalue weighted by atomic mass is 10.0. The summed E-state index contributed by atoms with van der Waals surface area (Å²) < 4.78 is 0. The molecule has 138 valence electrons. The molecule has 2 aliphatic rings. The van der Waals surface area contributed by atoms with Gasteiger partial charge in [-0.2, -0.15) is 0 Å². The van der Waals surface area contributed by atoms with Crippen LogP contribution in [0.4, 0.5) is 5.69 Å². The van der Waals surface area contributed by atoms with E-state index in [2.05, 4.69) is 5.32 Å². The monoisotopic (exact) mass is 358 g/mol. The van der Waals surface area contributed by atoms with Gasteiger partial charge in [-0.25, -0.2) is 0 Å². The highest BCUT2D eigenvalue weighted by molar-refractivity contribution is 6.23. The van der Waals surface area contributed by atoms with Crippen LogP contribution >= 0.6 is 0 Å². The van der Waals surface area contributed by atoms with Crippen molar-refractivity contribution in [2.45, 2.75) is 38.8 Å². The Balaban J connectivity index is 1.90. The predicted molar refractivity (Wildman–Crippen MR) is 94.7 cm³/mol. The number of carbonyl (C=O) groups excluding carboxylic acids is 4. The minimum Gasteiger partial charge on any atom is -0.370 e. The Morgan fingerprint density at radius 3 is 2.54 bits per heavy atom. The van der Waals surface area contributed by atoms with E-state index >= 15 is 0 Å². The molecule has 0 spiro atoms. The number of anilines is 1. The summed E-state index contributed by atoms with van der Waals surface area (Å²) in [5, 5.41) is 2.19. The van der Waals surface area contributed by atoms with Crippen LogP contribution < -0.4 is 16.0 Å². The van der Waals surface area contributed by atoms with Crippen molar-refractivity contribution in [2.75, 3.05) is 18.0 Å². The van der Waals surface area contributed by atoms with Crippen molar-refractivity contribution in [2.24, 2.45) is 5.73 Å². The maximum Gasteiger partial charge on any atom is 0.262 e. The minimum absolute atomic E-state index is 0.0412. The van der Waals surface area contributed by atoms with Crippen LogP contribution in [0.15, 0.2) is 18.2 Å². The van der Waals surface area contributed by atoms with Crippen molar-refractivity contribution in [1.82, 2.24) is 10.2 Å². The largest absolute Gasteiger partial charge is 0.370 e. The first-order valence-corrected chi connectivity index (χ1v) is 8.69. The molecule has 1 aromatic carbocycles. The van der Waals surface area contributed by atoms with Gasteiger partial charge in [-0.05, 0) is 38.5 Å². The van der Waals surface area contributed by atoms with E-state index in [-0.39, 0.29) is 35.9 Å². The molecule has 2 atom stereocenters. The first-order valence-electron chi connectivity index (χ1n) is 8.69. The third-order valence-electron chi connectivity index (χ3n) is 4.68. The molecule has 0 aromatic heterocycles. The van der Waals surface area contributed by atoms with E-state index in [9.17, 15) is 19.2 Å². The molecule has 2 aliphatic heterocycles. The fourth-order valence-corrected chi connectivity index (χ4v) is 3.42. The number of piperidine rings is 1. The molecule has 0 bridgehead atoms. The third-order valence-corrected chi connectivity index (χ3v) is 4.68. The van der Waals surface area contributed by atoms with Gasteiger partial charge < -0.3 is 10.6 Å². The summed E-state index contributed by atoms with van der Waals surface area (Å²) in [5.41, 5.74) is 7.23. The molecule has 1 fully saturated rings. The fraction of sp³-hybridized carbons (Fsp3) is 0.444. The summed E-state index contributed by atoms with van der Waals surface area (Å²) in [6.07, 6.45) is 0.252. The lowest BCUT2D eigenvalue weighted by Gasteiger charge is -2.27. The number of nitrogens with two attached hydrogens (primary N) is 1. The van der Waals surface area contributed by atoms with Crippen molar-refractivity contribution in [3.8, 4) is 0 Å². The summed E-state index contributed by atoms with van der Waals surface area (Å²) in [6, 6.07) is 4.08. The van der Waals surface area contributed by atoms with Gasteiger partial charge in [0.1, 0.15) is 6.04 Å². The highest BCUT2D eigenvalue weighted by Gasteiger charge is 2.44. The van der Waals surface area contributed by atoms with Crippen LogP contribution in [0.3, 0.4) is 0 Å². The van der Waals surface area contributed by atoms with Gasteiger partial charge in [0.15, 0.2) is 0 Å². The van der Waals surface area contributed by atoms with Crippen LogP contribution in [0.1, 0.15) is 47.4 Å². The van der Waals surface area contributed by atoms with Gasteiger partial charge in [-0.15, -0.1) is 0 Å². The van der Waals surface area contributed by atoms with Gasteiger partial charge in [0, 0.05) is 31.2 Å². The number of amides is 4. The summed E-state index contributed by atoms with van der Waals surface area (Å²) in [7, 11) is 0. The molecule has 0 saturated carbocycles. The van der Waals surface area contributed by atoms with E-state index in [1.54, 1.807) is 18.2 Å². The summed E-state index contributed by atoms with van der Waals surface area (Å²) in [6.45, 7) is 5.21. The van der Waals surface area contributed by atoms with Gasteiger partial charge in [-0.1, -0.05) is 0 Å². The van der Waals surface area contributed by atoms with Crippen LogP contribution in [0, 0.1) is 0 Å². The number of hydrogen-bond donors (Lipinski definition) is 2. The minimum atomic E-state index is -0.949. The molecular formula is C18H22N4O4. The molecule has 2 unspecified atom stereocenters. The van der Waals surface area contributed by atoms with E-state index < -0.39 is 23.8 Å². The zero-order valence-electron chi connectivity index (χ0n) is 14.8. The van der Waals surface area contributed by atoms with Crippen molar-refractivity contribution in [3.63, 3.8) is 0 Å². The van der Waals surface area contributed by atoms with Crippen LogP contribution in [0.25, 0.3) is 0 Å². The molecule has 1 saturated heterocycles. The first kappa shape index (κ1) is 18.1. The number of fused-ring (bicyclic) bond motifs is 1. The Labute approximate surface area is 151 Å². The number of nitrogens with one attached hydrogen (secondary N) is 1. The SMILES string of the molecule is CCN(CC(C)N)c1ccc2c(c1)C(=O)N(C1CCC(=O)NC1=O)C2=O. The number of benzene rings is 1. The van der Waals surface area contributed by atoms with E-state index in [1.165, 1.54) is 0 Å². The smallest absolute Gasteiger partial charge is 0.262 e. The average molecular weight is 358 g/mol. The third kappa shape index (κ3) is 3.08. The average Bonchev–Trinajstić information content (AvgIpc) is 2.84. The Morgan fingerprint density at radius 1 is 1.23 bits per heavy atom. The zero-order chi connectivity index (χ0) is 19.0. The maximum absolute atomic E-state index is 12.8. The fourth-order valence-electron chi connectivity index (χ4n) is 3.42. The number of rotatable bonds is 5. The first-order chi connectivity index (χ1) is 12.3. The summed E-state index contributed by atoms with van der Waals surface area (Å²) in [4.78, 5) is 51.9. The van der Waals surface area contributed by atoms with E-state index in [4.69, 9.17) is 5.73 Å². The van der Waals surface area contributed by atoms with Gasteiger partial charge in [0.25, 0.3) is 11.8 Å². The lowest BCUT2D eigenvalue weighted by Crippen LogP contribution is -2.54. The van der Waals surface area contributed by atoms with E-state index in [1.807, 2.05) is 18.7 Å². The van der Waals surface area contributed by atoms with Gasteiger partial charge in [-0.3, -0.25) is 29.4 Å². The maximum atomic E-state index is 12.8. The van der Waals surface area contributed by atoms with E-state index in [0.717, 1.165) is 10.6 Å². The summed E-state index contributed by atoms with van der Waals surface area (Å²) in [5.74, 6) is -2.00. The van der Waals surface area contributed by atoms with Gasteiger partial charge >= 0.3 is 0 Å². The molecular weight excluding hydrogens is 336 g/mol. The number of nitrogens with zero attached hydrogens (tertiary/aromatic N) is 2. The topological polar surface area (TPSA) is 113 Å². The van der Waals surface area contributed by atoms with Crippen LogP contribution in [0.2, 0.25) is 0 Å². The van der Waals surface area contributed by atoms with Gasteiger partial charge in [0.05, 0.1) is 11.1 Å². The highest BCUT2D eigenvalue weighted by Crippen LogP contribution is 2.30. The molecule has 2 heterocycles. The van der Waals surface area contributed by atoms with Crippen LogP contribution in [0.5, 0.6) is 0 Å². The van der Waals surface area contributed by atoms with Crippen LogP contribution in [-0.2, 0) is 9.59 Å². The molecule has 1 aromatic rings. The molecule has 3 rings (SSSR count). The molecule has 0 aliphatic carbocycles. The van der Waals surface area contributed by atoms with Crippen LogP contribution in [-0.4, -0.2) is 53.7 Å². The van der Waals surface area contributed by atoms with E-state index in [0.29, 0.717) is 13.1 Å². The summed E-state index contributed by atoms with van der Waals surface area (Å²) >= 11 is 0. The standard InChI is InChI=1S/C18H22N4O4/c1-3-21(9-10(2)19)11-4-5-12-13(8-11)18(26)22(17(12)25)14-6-7-15(23)20-16(14)24/h4-5,8,10,14H,3,6-7,9,19H2,1-2H3,(H,20,23,24). The predicted octanol–water partition coefficient (Wildman–Crippen LogP) is 0.261. The van der Waals surface area contributed by atoms with Crippen molar-refractivity contribution < 1.29 is 19.2 Å². The number of hydrogen-bond acceptors (Lipinski definition) is 6. The second kappa shape index (κ2) is 6.87. The molecule has 4 amide bonds. The Morgan fingerprint density at radius 2 is 1.92 bits per heavy atom. The molecule has 26 heavy (non-hydrogen) atoms. The number of carbonyl (C=O) groups is 4. The highest BCUT2D eigenvalue weighted by atomic mass is 16.2. The Hall–Kier alpha value is -2.74. The van der Waals surface area contributed by atoms with Crippen molar-refractivity contribution in [1.29, 1.82) is 0 Å². The normalized spacial score (nSPS) is 20.9. The zero-order valence-corrected chi connectivity index (χ0v) is 14.8. The molecule has 0 radical (unpaired) electrons. The quantitative estimate of drug-likeness (QED) is 0.730. The van der Waals surface area contributed by atoms with Gasteiger partial charge in [0.2, 0.25) is 11.8 Å². The number of likely N-dealkylation sites (N-methyl/N-ethyl adjacent to an activating group) is 1. The molecule has 8 heteroatoms.